The number of aryl methyl sites for hydroxylation is 2. The average Bonchev–Trinajstić information content (AvgIpc) is 3.30. The van der Waals surface area contributed by atoms with E-state index in [1.807, 2.05) is 25.1 Å². The van der Waals surface area contributed by atoms with Gasteiger partial charge in [-0.1, -0.05) is 6.07 Å². The molecule has 0 spiro atoms. The van der Waals surface area contributed by atoms with Crippen LogP contribution in [0.1, 0.15) is 47.2 Å². The summed E-state index contributed by atoms with van der Waals surface area (Å²) in [5, 5.41) is 2.92. The Bertz CT molecular complexity index is 1040. The first-order valence-electron chi connectivity index (χ1n) is 10.1. The second kappa shape index (κ2) is 7.80. The second-order valence-electron chi connectivity index (χ2n) is 8.02. The fourth-order valence-electron chi connectivity index (χ4n) is 3.75. The molecule has 2 aromatic carbocycles. The molecule has 29 heavy (non-hydrogen) atoms. The lowest BCUT2D eigenvalue weighted by molar-refractivity contribution is 0.102. The van der Waals surface area contributed by atoms with E-state index in [0.29, 0.717) is 11.3 Å². The number of sulfonamides is 1. The van der Waals surface area contributed by atoms with Gasteiger partial charge in [-0.25, -0.2) is 13.1 Å². The molecule has 0 aromatic heterocycles. The summed E-state index contributed by atoms with van der Waals surface area (Å²) in [4.78, 5) is 15.4. The largest absolute Gasteiger partial charge is 0.371 e. The third kappa shape index (κ3) is 4.46. The van der Waals surface area contributed by atoms with Gasteiger partial charge in [-0.2, -0.15) is 0 Å². The molecule has 0 radical (unpaired) electrons. The van der Waals surface area contributed by atoms with Gasteiger partial charge in [0.25, 0.3) is 5.91 Å². The minimum atomic E-state index is -3.60. The number of carbonyl (C=O) groups is 1. The Balaban J connectivity index is 1.53. The number of carbonyl (C=O) groups excluding carboxylic acids is 1. The second-order valence-corrected chi connectivity index (χ2v) is 9.74. The van der Waals surface area contributed by atoms with Crippen LogP contribution in [-0.4, -0.2) is 33.5 Å². The van der Waals surface area contributed by atoms with E-state index in [2.05, 4.69) is 14.9 Å². The summed E-state index contributed by atoms with van der Waals surface area (Å²) in [5.41, 5.74) is 4.13. The zero-order valence-electron chi connectivity index (χ0n) is 16.9. The Hall–Kier alpha value is -2.38. The molecule has 2 aliphatic rings. The van der Waals surface area contributed by atoms with Crippen molar-refractivity contribution in [3.63, 3.8) is 0 Å². The molecule has 0 bridgehead atoms. The zero-order chi connectivity index (χ0) is 20.6. The van der Waals surface area contributed by atoms with E-state index in [1.165, 1.54) is 24.6 Å². The molecule has 0 unspecified atom stereocenters. The Kier molecular flexibility index (Phi) is 5.36. The van der Waals surface area contributed by atoms with Gasteiger partial charge < -0.3 is 10.2 Å². The van der Waals surface area contributed by atoms with Gasteiger partial charge in [0.1, 0.15) is 0 Å². The maximum Gasteiger partial charge on any atom is 0.255 e. The van der Waals surface area contributed by atoms with Crippen molar-refractivity contribution in [3.05, 3.63) is 53.1 Å². The van der Waals surface area contributed by atoms with E-state index in [4.69, 9.17) is 0 Å². The molecule has 1 saturated carbocycles. The van der Waals surface area contributed by atoms with E-state index in [9.17, 15) is 13.2 Å². The monoisotopic (exact) mass is 413 g/mol. The van der Waals surface area contributed by atoms with Crippen LogP contribution in [0, 0.1) is 13.8 Å². The van der Waals surface area contributed by atoms with Crippen LogP contribution in [-0.2, 0) is 10.0 Å². The minimum Gasteiger partial charge on any atom is -0.371 e. The van der Waals surface area contributed by atoms with Crippen LogP contribution in [0.3, 0.4) is 0 Å². The fraction of sp³-hybridized carbons (Fsp3) is 0.409. The molecule has 1 saturated heterocycles. The van der Waals surface area contributed by atoms with Crippen LogP contribution in [0.4, 0.5) is 11.4 Å². The SMILES string of the molecule is Cc1ccc(S(=O)(=O)NC2CC2)cc1C(=O)Nc1ccc(N2CCCC2)c(C)c1. The van der Waals surface area contributed by atoms with Crippen molar-refractivity contribution >= 4 is 27.3 Å². The highest BCUT2D eigenvalue weighted by Crippen LogP contribution is 2.27. The third-order valence-electron chi connectivity index (χ3n) is 5.56. The summed E-state index contributed by atoms with van der Waals surface area (Å²) in [7, 11) is -3.60. The molecule has 0 atom stereocenters. The molecule has 1 aliphatic carbocycles. The lowest BCUT2D eigenvalue weighted by Gasteiger charge is -2.21. The van der Waals surface area contributed by atoms with Crippen LogP contribution >= 0.6 is 0 Å². The lowest BCUT2D eigenvalue weighted by atomic mass is 10.1. The summed E-state index contributed by atoms with van der Waals surface area (Å²) in [6, 6.07) is 10.6. The Labute approximate surface area is 172 Å². The van der Waals surface area contributed by atoms with Gasteiger partial charge in [0.2, 0.25) is 10.0 Å². The van der Waals surface area contributed by atoms with Gasteiger partial charge in [0.15, 0.2) is 0 Å². The first-order chi connectivity index (χ1) is 13.8. The molecule has 2 aromatic rings. The molecule has 1 amide bonds. The molecular weight excluding hydrogens is 386 g/mol. The maximum atomic E-state index is 12.9. The highest BCUT2D eigenvalue weighted by molar-refractivity contribution is 7.89. The van der Waals surface area contributed by atoms with Crippen LogP contribution in [0.25, 0.3) is 0 Å². The normalized spacial score (nSPS) is 16.8. The molecule has 7 heteroatoms. The smallest absolute Gasteiger partial charge is 0.255 e. The Morgan fingerprint density at radius 1 is 1.00 bits per heavy atom. The molecule has 2 N–H and O–H groups in total. The van der Waals surface area contributed by atoms with Crippen molar-refractivity contribution in [1.29, 1.82) is 0 Å². The van der Waals surface area contributed by atoms with E-state index in [1.54, 1.807) is 19.1 Å². The first kappa shape index (κ1) is 19.9. The fourth-order valence-corrected chi connectivity index (χ4v) is 5.08. The van der Waals surface area contributed by atoms with Crippen LogP contribution in [0.15, 0.2) is 41.3 Å². The first-order valence-corrected chi connectivity index (χ1v) is 11.6. The Morgan fingerprint density at radius 3 is 2.38 bits per heavy atom. The number of nitrogens with zero attached hydrogens (tertiary/aromatic N) is 1. The van der Waals surface area contributed by atoms with Crippen LogP contribution in [0.2, 0.25) is 0 Å². The predicted octanol–water partition coefficient (Wildman–Crippen LogP) is 3.60. The highest BCUT2D eigenvalue weighted by atomic mass is 32.2. The van der Waals surface area contributed by atoms with Gasteiger partial charge in [-0.3, -0.25) is 4.79 Å². The van der Waals surface area contributed by atoms with Crippen LogP contribution < -0.4 is 14.9 Å². The number of benzene rings is 2. The quantitative estimate of drug-likeness (QED) is 0.759. The summed E-state index contributed by atoms with van der Waals surface area (Å²) >= 11 is 0. The Morgan fingerprint density at radius 2 is 1.72 bits per heavy atom. The number of rotatable bonds is 6. The topological polar surface area (TPSA) is 78.5 Å². The number of anilines is 2. The summed E-state index contributed by atoms with van der Waals surface area (Å²) in [5.74, 6) is -0.306. The number of hydrogen-bond donors (Lipinski definition) is 2. The van der Waals surface area contributed by atoms with Crippen molar-refractivity contribution in [2.75, 3.05) is 23.3 Å². The summed E-state index contributed by atoms with van der Waals surface area (Å²) in [6.45, 7) is 6.00. The van der Waals surface area contributed by atoms with Gasteiger partial charge in [-0.15, -0.1) is 0 Å². The third-order valence-corrected chi connectivity index (χ3v) is 7.08. The lowest BCUT2D eigenvalue weighted by Crippen LogP contribution is -2.26. The van der Waals surface area contributed by atoms with Gasteiger partial charge >= 0.3 is 0 Å². The van der Waals surface area contributed by atoms with Crippen molar-refractivity contribution in [2.24, 2.45) is 0 Å². The molecular formula is C22H27N3O3S. The van der Waals surface area contributed by atoms with E-state index < -0.39 is 10.0 Å². The summed E-state index contributed by atoms with van der Waals surface area (Å²) in [6.07, 6.45) is 4.16. The summed E-state index contributed by atoms with van der Waals surface area (Å²) < 4.78 is 27.6. The van der Waals surface area contributed by atoms with Gasteiger partial charge in [0, 0.05) is 36.1 Å². The standard InChI is InChI=1S/C22H27N3O3S/c1-15-5-9-19(29(27,28)24-17-6-7-17)14-20(15)22(26)23-18-8-10-21(16(2)13-18)25-11-3-4-12-25/h5,8-10,13-14,17,24H,3-4,6-7,11-12H2,1-2H3,(H,23,26). The molecule has 154 valence electrons. The highest BCUT2D eigenvalue weighted by Gasteiger charge is 2.28. The van der Waals surface area contributed by atoms with Crippen LogP contribution in [0.5, 0.6) is 0 Å². The predicted molar refractivity (Wildman–Crippen MR) is 115 cm³/mol. The molecule has 6 nitrogen and oxygen atoms in total. The number of amides is 1. The molecule has 1 aliphatic heterocycles. The van der Waals surface area contributed by atoms with Gasteiger partial charge in [-0.05, 0) is 81.0 Å². The maximum absolute atomic E-state index is 12.9. The van der Waals surface area contributed by atoms with Crippen molar-refractivity contribution in [1.82, 2.24) is 4.72 Å². The van der Waals surface area contributed by atoms with Crippen molar-refractivity contribution in [2.45, 2.75) is 50.5 Å². The zero-order valence-corrected chi connectivity index (χ0v) is 17.7. The minimum absolute atomic E-state index is 0.0238. The number of hydrogen-bond acceptors (Lipinski definition) is 4. The molecule has 4 rings (SSSR count). The van der Waals surface area contributed by atoms with E-state index in [-0.39, 0.29) is 16.8 Å². The van der Waals surface area contributed by atoms with E-state index in [0.717, 1.165) is 37.1 Å². The molecule has 2 fully saturated rings. The van der Waals surface area contributed by atoms with E-state index >= 15 is 0 Å². The van der Waals surface area contributed by atoms with Crippen molar-refractivity contribution < 1.29 is 13.2 Å². The average molecular weight is 414 g/mol. The molecule has 1 heterocycles. The van der Waals surface area contributed by atoms with Gasteiger partial charge in [0.05, 0.1) is 4.90 Å². The van der Waals surface area contributed by atoms with Crippen molar-refractivity contribution in [3.8, 4) is 0 Å². The number of nitrogens with one attached hydrogen (secondary N) is 2.